The number of hydrogen-bond donors (Lipinski definition) is 3. The van der Waals surface area contributed by atoms with E-state index in [9.17, 15) is 5.11 Å². The van der Waals surface area contributed by atoms with Crippen LogP contribution in [0.15, 0.2) is 24.3 Å². The van der Waals surface area contributed by atoms with Crippen LogP contribution in [0.4, 0.5) is 0 Å². The molecule has 2 atom stereocenters. The maximum Gasteiger partial charge on any atom is 0.0474 e. The Bertz CT molecular complexity index is 613. The van der Waals surface area contributed by atoms with Crippen LogP contribution in [0, 0.1) is 11.8 Å². The van der Waals surface area contributed by atoms with Crippen LogP contribution in [-0.2, 0) is 6.54 Å². The molecule has 4 nitrogen and oxygen atoms in total. The Morgan fingerprint density at radius 3 is 2.76 bits per heavy atom. The fourth-order valence-corrected chi connectivity index (χ4v) is 3.53. The second-order valence-electron chi connectivity index (χ2n) is 5.94. The first-order valence-electron chi connectivity index (χ1n) is 7.41. The van der Waals surface area contributed by atoms with E-state index in [4.69, 9.17) is 16.7 Å². The largest absolute Gasteiger partial charge is 0.396 e. The Morgan fingerprint density at radius 1 is 1.19 bits per heavy atom. The summed E-state index contributed by atoms with van der Waals surface area (Å²) in [5, 5.41) is 20.5. The highest BCUT2D eigenvalue weighted by atomic mass is 35.5. The van der Waals surface area contributed by atoms with Crippen LogP contribution in [0.1, 0.15) is 12.1 Å². The van der Waals surface area contributed by atoms with E-state index < -0.39 is 0 Å². The number of aliphatic hydroxyl groups is 2. The lowest BCUT2D eigenvalue weighted by molar-refractivity contribution is 0.178. The molecular formula is C16H21ClN2O2. The van der Waals surface area contributed by atoms with Gasteiger partial charge in [-0.2, -0.15) is 0 Å². The molecule has 3 N–H and O–H groups in total. The molecular weight excluding hydrogens is 288 g/mol. The van der Waals surface area contributed by atoms with Crippen molar-refractivity contribution < 1.29 is 10.2 Å². The summed E-state index contributed by atoms with van der Waals surface area (Å²) in [5.41, 5.74) is 2.26. The highest BCUT2D eigenvalue weighted by molar-refractivity contribution is 6.31. The average Bonchev–Trinajstić information content (AvgIpc) is 3.02. The van der Waals surface area contributed by atoms with E-state index in [1.165, 1.54) is 0 Å². The van der Waals surface area contributed by atoms with Crippen LogP contribution >= 0.6 is 11.6 Å². The van der Waals surface area contributed by atoms with Gasteiger partial charge < -0.3 is 15.2 Å². The number of nitrogens with one attached hydrogen (secondary N) is 1. The Hall–Kier alpha value is -1.07. The van der Waals surface area contributed by atoms with Gasteiger partial charge in [0.15, 0.2) is 0 Å². The maximum absolute atomic E-state index is 9.46. The van der Waals surface area contributed by atoms with Gasteiger partial charge in [0, 0.05) is 54.5 Å². The zero-order chi connectivity index (χ0) is 14.8. The van der Waals surface area contributed by atoms with Crippen molar-refractivity contribution in [1.82, 2.24) is 9.88 Å². The second kappa shape index (κ2) is 6.36. The molecule has 0 aliphatic carbocycles. The Morgan fingerprint density at radius 2 is 2.00 bits per heavy atom. The molecule has 2 unspecified atom stereocenters. The zero-order valence-electron chi connectivity index (χ0n) is 11.9. The molecule has 0 radical (unpaired) electrons. The van der Waals surface area contributed by atoms with E-state index in [1.54, 1.807) is 0 Å². The smallest absolute Gasteiger partial charge is 0.0474 e. The first-order valence-corrected chi connectivity index (χ1v) is 7.78. The number of rotatable bonds is 5. The van der Waals surface area contributed by atoms with Crippen LogP contribution in [-0.4, -0.2) is 46.4 Å². The molecule has 2 heterocycles. The van der Waals surface area contributed by atoms with Crippen molar-refractivity contribution in [3.05, 3.63) is 35.0 Å². The monoisotopic (exact) mass is 308 g/mol. The lowest BCUT2D eigenvalue weighted by Crippen LogP contribution is -2.21. The molecule has 0 bridgehead atoms. The summed E-state index contributed by atoms with van der Waals surface area (Å²) in [6.45, 7) is 3.05. The predicted octanol–water partition coefficient (Wildman–Crippen LogP) is 2.24. The van der Waals surface area contributed by atoms with Crippen LogP contribution < -0.4 is 0 Å². The topological polar surface area (TPSA) is 59.5 Å². The molecule has 5 heteroatoms. The van der Waals surface area contributed by atoms with E-state index in [-0.39, 0.29) is 19.1 Å². The van der Waals surface area contributed by atoms with Crippen LogP contribution in [0.3, 0.4) is 0 Å². The second-order valence-corrected chi connectivity index (χ2v) is 6.37. The van der Waals surface area contributed by atoms with Gasteiger partial charge in [-0.25, -0.2) is 0 Å². The zero-order valence-corrected chi connectivity index (χ0v) is 12.7. The molecule has 1 saturated heterocycles. The molecule has 2 aromatic rings. The molecule has 0 spiro atoms. The normalized spacial score (nSPS) is 23.2. The molecule has 21 heavy (non-hydrogen) atoms. The van der Waals surface area contributed by atoms with Crippen molar-refractivity contribution >= 4 is 22.5 Å². The number of aromatic nitrogens is 1. The summed E-state index contributed by atoms with van der Waals surface area (Å²) in [6, 6.07) is 7.98. The van der Waals surface area contributed by atoms with Gasteiger partial charge in [-0.1, -0.05) is 11.6 Å². The number of benzene rings is 1. The predicted molar refractivity (Wildman–Crippen MR) is 84.4 cm³/mol. The molecule has 0 saturated carbocycles. The van der Waals surface area contributed by atoms with Crippen molar-refractivity contribution in [2.24, 2.45) is 11.8 Å². The Balaban J connectivity index is 1.70. The number of likely N-dealkylation sites (tertiary alicyclic amines) is 1. The number of H-pyrrole nitrogens is 1. The van der Waals surface area contributed by atoms with Crippen molar-refractivity contribution in [1.29, 1.82) is 0 Å². The summed E-state index contributed by atoms with van der Waals surface area (Å²) in [4.78, 5) is 5.76. The number of halogens is 1. The fourth-order valence-electron chi connectivity index (χ4n) is 3.35. The number of aromatic amines is 1. The first kappa shape index (κ1) is 14.9. The average molecular weight is 309 g/mol. The summed E-state index contributed by atoms with van der Waals surface area (Å²) >= 11 is 6.01. The van der Waals surface area contributed by atoms with Gasteiger partial charge in [0.1, 0.15) is 0 Å². The van der Waals surface area contributed by atoms with E-state index in [2.05, 4.69) is 16.0 Å². The molecule has 3 rings (SSSR count). The van der Waals surface area contributed by atoms with Crippen molar-refractivity contribution in [2.75, 3.05) is 26.3 Å². The Kier molecular flexibility index (Phi) is 4.50. The minimum Gasteiger partial charge on any atom is -0.396 e. The quantitative estimate of drug-likeness (QED) is 0.794. The van der Waals surface area contributed by atoms with Crippen molar-refractivity contribution in [3.63, 3.8) is 0 Å². The standard InChI is InChI=1S/C16H21ClN2O2/c17-14-1-2-16-12(5-14)6-15(18-16)9-19-7-11(3-4-20)13(8-19)10-21/h1-2,5-6,11,13,18,20-21H,3-4,7-10H2. The van der Waals surface area contributed by atoms with Gasteiger partial charge in [0.05, 0.1) is 0 Å². The van der Waals surface area contributed by atoms with Gasteiger partial charge in [-0.15, -0.1) is 0 Å². The minimum absolute atomic E-state index is 0.194. The van der Waals surface area contributed by atoms with Gasteiger partial charge >= 0.3 is 0 Å². The van der Waals surface area contributed by atoms with Crippen LogP contribution in [0.25, 0.3) is 10.9 Å². The molecule has 114 valence electrons. The van der Waals surface area contributed by atoms with Gasteiger partial charge in [0.25, 0.3) is 0 Å². The minimum atomic E-state index is 0.194. The fraction of sp³-hybridized carbons (Fsp3) is 0.500. The van der Waals surface area contributed by atoms with E-state index in [1.807, 2.05) is 18.2 Å². The third kappa shape index (κ3) is 3.24. The number of aliphatic hydroxyl groups excluding tert-OH is 2. The molecule has 0 amide bonds. The molecule has 1 fully saturated rings. The van der Waals surface area contributed by atoms with E-state index in [0.29, 0.717) is 5.92 Å². The third-order valence-electron chi connectivity index (χ3n) is 4.42. The van der Waals surface area contributed by atoms with E-state index in [0.717, 1.165) is 47.7 Å². The summed E-state index contributed by atoms with van der Waals surface area (Å²) < 4.78 is 0. The van der Waals surface area contributed by atoms with Crippen molar-refractivity contribution in [2.45, 2.75) is 13.0 Å². The number of hydrogen-bond acceptors (Lipinski definition) is 3. The first-order chi connectivity index (χ1) is 10.2. The highest BCUT2D eigenvalue weighted by Crippen LogP contribution is 2.28. The third-order valence-corrected chi connectivity index (χ3v) is 4.65. The van der Waals surface area contributed by atoms with Gasteiger partial charge in [0.2, 0.25) is 0 Å². The Labute approximate surface area is 129 Å². The van der Waals surface area contributed by atoms with Crippen LogP contribution in [0.5, 0.6) is 0 Å². The van der Waals surface area contributed by atoms with Gasteiger partial charge in [-0.3, -0.25) is 4.90 Å². The molecule has 1 aromatic carbocycles. The van der Waals surface area contributed by atoms with E-state index >= 15 is 0 Å². The SMILES string of the molecule is OCCC1CN(Cc2cc3cc(Cl)ccc3[nH]2)CC1CO. The molecule has 1 aliphatic rings. The van der Waals surface area contributed by atoms with Crippen LogP contribution in [0.2, 0.25) is 5.02 Å². The maximum atomic E-state index is 9.46. The number of fused-ring (bicyclic) bond motifs is 1. The van der Waals surface area contributed by atoms with Gasteiger partial charge in [-0.05, 0) is 42.5 Å². The summed E-state index contributed by atoms with van der Waals surface area (Å²) in [6.07, 6.45) is 0.768. The number of nitrogens with zero attached hydrogens (tertiary/aromatic N) is 1. The van der Waals surface area contributed by atoms with Crippen molar-refractivity contribution in [3.8, 4) is 0 Å². The summed E-state index contributed by atoms with van der Waals surface area (Å²) in [5.74, 6) is 0.662. The molecule has 1 aliphatic heterocycles. The lowest BCUT2D eigenvalue weighted by Gasteiger charge is -2.14. The summed E-state index contributed by atoms with van der Waals surface area (Å²) in [7, 11) is 0. The molecule has 1 aromatic heterocycles. The lowest BCUT2D eigenvalue weighted by atomic mass is 9.94. The highest BCUT2D eigenvalue weighted by Gasteiger charge is 2.31.